The van der Waals surface area contributed by atoms with E-state index in [0.717, 1.165) is 21.7 Å². The first-order valence-electron chi connectivity index (χ1n) is 7.97. The van der Waals surface area contributed by atoms with Crippen LogP contribution in [0.15, 0.2) is 42.6 Å². The second-order valence-electron chi connectivity index (χ2n) is 6.19. The van der Waals surface area contributed by atoms with Crippen molar-refractivity contribution in [2.45, 2.75) is 6.92 Å². The third kappa shape index (κ3) is 2.04. The normalized spacial score (nSPS) is 11.8. The van der Waals surface area contributed by atoms with E-state index in [2.05, 4.69) is 45.7 Å². The Kier molecular flexibility index (Phi) is 2.87. The van der Waals surface area contributed by atoms with Crippen LogP contribution in [0.5, 0.6) is 0 Å². The van der Waals surface area contributed by atoms with Gasteiger partial charge in [0.25, 0.3) is 5.91 Å². The molecule has 0 aliphatic heterocycles. The van der Waals surface area contributed by atoms with Crippen LogP contribution < -0.4 is 5.32 Å². The van der Waals surface area contributed by atoms with Gasteiger partial charge in [0.15, 0.2) is 10.8 Å². The van der Waals surface area contributed by atoms with Gasteiger partial charge in [-0.15, -0.1) is 0 Å². The van der Waals surface area contributed by atoms with E-state index in [9.17, 15) is 4.79 Å². The number of nitrogens with zero attached hydrogens (tertiary/aromatic N) is 3. The Balaban J connectivity index is 1.55. The van der Waals surface area contributed by atoms with Gasteiger partial charge in [-0.2, -0.15) is 5.10 Å². The number of anilines is 1. The van der Waals surface area contributed by atoms with E-state index in [0.29, 0.717) is 10.8 Å². The maximum Gasteiger partial charge on any atom is 0.278 e. The molecule has 1 amide bonds. The molecule has 6 heteroatoms. The van der Waals surface area contributed by atoms with Crippen molar-refractivity contribution in [3.8, 4) is 21.7 Å². The fourth-order valence-corrected chi connectivity index (χ4v) is 4.46. The molecule has 122 valence electrons. The molecule has 0 saturated heterocycles. The number of aromatic nitrogens is 3. The Labute approximate surface area is 147 Å². The standard InChI is InChI=1S/C19H14N4OS/c1-10-9-23(2)22-15(10)18(24)21-19-20-16-12-7-3-5-11-6-4-8-13(14(11)12)17(16)25-19/h3-9H,1-2H3,(H,20,21,24). The van der Waals surface area contributed by atoms with Crippen LogP contribution in [-0.2, 0) is 7.05 Å². The monoisotopic (exact) mass is 346 g/mol. The minimum atomic E-state index is -0.225. The van der Waals surface area contributed by atoms with Gasteiger partial charge in [-0.3, -0.25) is 14.8 Å². The number of aryl methyl sites for hydroxylation is 2. The summed E-state index contributed by atoms with van der Waals surface area (Å²) in [5, 5.41) is 10.2. The van der Waals surface area contributed by atoms with Crippen molar-refractivity contribution in [1.82, 2.24) is 14.8 Å². The average molecular weight is 346 g/mol. The molecule has 0 spiro atoms. The molecule has 2 heterocycles. The molecule has 0 atom stereocenters. The molecule has 1 aliphatic carbocycles. The molecule has 0 unspecified atom stereocenters. The number of hydrogen-bond donors (Lipinski definition) is 1. The maximum atomic E-state index is 12.5. The fourth-order valence-electron chi connectivity index (χ4n) is 3.45. The highest BCUT2D eigenvalue weighted by atomic mass is 32.1. The summed E-state index contributed by atoms with van der Waals surface area (Å²) in [6.07, 6.45) is 1.83. The van der Waals surface area contributed by atoms with Crippen molar-refractivity contribution in [2.75, 3.05) is 5.32 Å². The van der Waals surface area contributed by atoms with Gasteiger partial charge in [0.05, 0.1) is 10.6 Å². The quantitative estimate of drug-likeness (QED) is 0.520. The van der Waals surface area contributed by atoms with Crippen molar-refractivity contribution in [2.24, 2.45) is 7.05 Å². The third-order valence-electron chi connectivity index (χ3n) is 4.48. The summed E-state index contributed by atoms with van der Waals surface area (Å²) in [4.78, 5) is 18.3. The van der Waals surface area contributed by atoms with Crippen molar-refractivity contribution in [1.29, 1.82) is 0 Å². The Morgan fingerprint density at radius 3 is 2.64 bits per heavy atom. The first-order chi connectivity index (χ1) is 12.1. The van der Waals surface area contributed by atoms with E-state index < -0.39 is 0 Å². The summed E-state index contributed by atoms with van der Waals surface area (Å²) in [6.45, 7) is 1.88. The van der Waals surface area contributed by atoms with Crippen molar-refractivity contribution < 1.29 is 4.79 Å². The van der Waals surface area contributed by atoms with E-state index in [1.807, 2.05) is 19.2 Å². The third-order valence-corrected chi connectivity index (χ3v) is 5.48. The molecule has 2 aromatic carbocycles. The largest absolute Gasteiger partial charge is 0.296 e. The van der Waals surface area contributed by atoms with Gasteiger partial charge in [-0.05, 0) is 17.7 Å². The Morgan fingerprint density at radius 2 is 1.92 bits per heavy atom. The zero-order chi connectivity index (χ0) is 17.1. The first kappa shape index (κ1) is 14.4. The lowest BCUT2D eigenvalue weighted by Gasteiger charge is -2.02. The van der Waals surface area contributed by atoms with Crippen LogP contribution in [0.1, 0.15) is 16.1 Å². The van der Waals surface area contributed by atoms with Crippen molar-refractivity contribution in [3.63, 3.8) is 0 Å². The first-order valence-corrected chi connectivity index (χ1v) is 8.78. The molecule has 0 radical (unpaired) electrons. The second kappa shape index (κ2) is 5.00. The lowest BCUT2D eigenvalue weighted by atomic mass is 10.0. The zero-order valence-corrected chi connectivity index (χ0v) is 14.5. The number of rotatable bonds is 2. The Morgan fingerprint density at radius 1 is 1.16 bits per heavy atom. The summed E-state index contributed by atoms with van der Waals surface area (Å²) in [7, 11) is 1.80. The zero-order valence-electron chi connectivity index (χ0n) is 13.7. The van der Waals surface area contributed by atoms with Gasteiger partial charge in [-0.25, -0.2) is 4.98 Å². The minimum Gasteiger partial charge on any atom is -0.296 e. The van der Waals surface area contributed by atoms with Gasteiger partial charge in [0.2, 0.25) is 0 Å². The van der Waals surface area contributed by atoms with Gasteiger partial charge in [0.1, 0.15) is 0 Å². The minimum absolute atomic E-state index is 0.225. The van der Waals surface area contributed by atoms with Gasteiger partial charge < -0.3 is 0 Å². The summed E-state index contributed by atoms with van der Waals surface area (Å²) in [6, 6.07) is 12.5. The number of fused-ring (bicyclic) bond motifs is 3. The summed E-state index contributed by atoms with van der Waals surface area (Å²) < 4.78 is 1.64. The van der Waals surface area contributed by atoms with Crippen LogP contribution in [0.4, 0.5) is 5.13 Å². The van der Waals surface area contributed by atoms with E-state index >= 15 is 0 Å². The highest BCUT2D eigenvalue weighted by Crippen LogP contribution is 2.50. The van der Waals surface area contributed by atoms with Crippen LogP contribution in [0.3, 0.4) is 0 Å². The second-order valence-corrected chi connectivity index (χ2v) is 7.19. The lowest BCUT2D eigenvalue weighted by Crippen LogP contribution is -2.14. The fraction of sp³-hybridized carbons (Fsp3) is 0.105. The van der Waals surface area contributed by atoms with Crippen LogP contribution in [0, 0.1) is 6.92 Å². The number of nitrogens with one attached hydrogen (secondary N) is 1. The molecule has 5 nitrogen and oxygen atoms in total. The summed E-state index contributed by atoms with van der Waals surface area (Å²) in [5.74, 6) is -0.225. The maximum absolute atomic E-state index is 12.5. The molecule has 25 heavy (non-hydrogen) atoms. The van der Waals surface area contributed by atoms with E-state index in [-0.39, 0.29) is 5.91 Å². The molecular formula is C19H14N4OS. The molecule has 1 N–H and O–H groups in total. The van der Waals surface area contributed by atoms with E-state index in [1.165, 1.54) is 27.7 Å². The number of carbonyl (C=O) groups is 1. The number of thiazole rings is 1. The Hall–Kier alpha value is -2.99. The van der Waals surface area contributed by atoms with Crippen LogP contribution in [0.2, 0.25) is 0 Å². The van der Waals surface area contributed by atoms with Crippen LogP contribution in [0.25, 0.3) is 32.5 Å². The highest BCUT2D eigenvalue weighted by molar-refractivity contribution is 7.20. The molecule has 1 aliphatic rings. The molecule has 2 aromatic heterocycles. The Bertz CT molecular complexity index is 1120. The highest BCUT2D eigenvalue weighted by Gasteiger charge is 2.26. The van der Waals surface area contributed by atoms with Gasteiger partial charge >= 0.3 is 0 Å². The summed E-state index contributed by atoms with van der Waals surface area (Å²) in [5.41, 5.74) is 4.55. The molecule has 4 aromatic rings. The molecule has 0 fully saturated rings. The summed E-state index contributed by atoms with van der Waals surface area (Å²) >= 11 is 1.51. The molecule has 5 rings (SSSR count). The predicted octanol–water partition coefficient (Wildman–Crippen LogP) is 4.24. The van der Waals surface area contributed by atoms with Crippen LogP contribution in [-0.4, -0.2) is 20.7 Å². The predicted molar refractivity (Wildman–Crippen MR) is 99.9 cm³/mol. The van der Waals surface area contributed by atoms with Crippen molar-refractivity contribution >= 4 is 33.1 Å². The number of carbonyl (C=O) groups excluding carboxylic acids is 1. The molecular weight excluding hydrogens is 332 g/mol. The van der Waals surface area contributed by atoms with Crippen molar-refractivity contribution in [3.05, 3.63) is 53.9 Å². The van der Waals surface area contributed by atoms with Crippen LogP contribution >= 0.6 is 11.3 Å². The molecule has 0 saturated carbocycles. The van der Waals surface area contributed by atoms with E-state index in [4.69, 9.17) is 0 Å². The topological polar surface area (TPSA) is 59.8 Å². The number of benzene rings is 2. The van der Waals surface area contributed by atoms with E-state index in [1.54, 1.807) is 11.7 Å². The van der Waals surface area contributed by atoms with Gasteiger partial charge in [0, 0.05) is 29.9 Å². The number of amides is 1. The van der Waals surface area contributed by atoms with Gasteiger partial charge in [-0.1, -0.05) is 47.7 Å². The SMILES string of the molecule is Cc1cn(C)nc1C(=O)Nc1nc2c(s1)-c1cccc3cccc-2c13. The molecule has 0 bridgehead atoms. The average Bonchev–Trinajstić information content (AvgIpc) is 3.23. The number of hydrogen-bond acceptors (Lipinski definition) is 4. The smallest absolute Gasteiger partial charge is 0.278 e. The lowest BCUT2D eigenvalue weighted by molar-refractivity contribution is 0.102.